The Morgan fingerprint density at radius 1 is 1.47 bits per heavy atom. The van der Waals surface area contributed by atoms with Gasteiger partial charge in [0.15, 0.2) is 0 Å². The molecule has 1 aliphatic heterocycles. The van der Waals surface area contributed by atoms with Crippen LogP contribution in [0.1, 0.15) is 40.2 Å². The smallest absolute Gasteiger partial charge is 0.248 e. The third kappa shape index (κ3) is 1.98. The van der Waals surface area contributed by atoms with Crippen LogP contribution in [0.15, 0.2) is 30.9 Å². The van der Waals surface area contributed by atoms with Crippen molar-refractivity contribution in [1.29, 1.82) is 0 Å². The van der Waals surface area contributed by atoms with Crippen LogP contribution in [0.4, 0.5) is 0 Å². The van der Waals surface area contributed by atoms with Gasteiger partial charge in [-0.25, -0.2) is 0 Å². The molecule has 0 saturated carbocycles. The molecular formula is C16H20N2O. The van der Waals surface area contributed by atoms with Crippen molar-refractivity contribution in [3.63, 3.8) is 0 Å². The highest BCUT2D eigenvalue weighted by atomic mass is 16.1. The van der Waals surface area contributed by atoms with Crippen LogP contribution < -0.4 is 5.73 Å². The number of hydrogen-bond acceptors (Lipinski definition) is 2. The van der Waals surface area contributed by atoms with Gasteiger partial charge in [-0.2, -0.15) is 0 Å². The Hall–Kier alpha value is -1.61. The number of amides is 1. The summed E-state index contributed by atoms with van der Waals surface area (Å²) in [6, 6.07) is 6.52. The van der Waals surface area contributed by atoms with Gasteiger partial charge < -0.3 is 5.73 Å². The molecule has 1 aromatic carbocycles. The SMILES string of the molecule is C=CCN1CC[C@H]2c3c(cccc3C(N)=O)CC[C@H]21. The van der Waals surface area contributed by atoms with Crippen molar-refractivity contribution in [1.82, 2.24) is 4.90 Å². The van der Waals surface area contributed by atoms with Crippen molar-refractivity contribution in [3.05, 3.63) is 47.5 Å². The molecular weight excluding hydrogens is 236 g/mol. The van der Waals surface area contributed by atoms with E-state index in [4.69, 9.17) is 5.73 Å². The molecule has 1 aliphatic carbocycles. The van der Waals surface area contributed by atoms with E-state index < -0.39 is 0 Å². The van der Waals surface area contributed by atoms with Crippen LogP contribution in [-0.2, 0) is 6.42 Å². The molecule has 1 fully saturated rings. The first-order chi connectivity index (χ1) is 9.22. The minimum atomic E-state index is -0.292. The lowest BCUT2D eigenvalue weighted by Gasteiger charge is -2.33. The maximum Gasteiger partial charge on any atom is 0.248 e. The fourth-order valence-corrected chi connectivity index (χ4v) is 3.82. The Labute approximate surface area is 114 Å². The number of carbonyl (C=O) groups is 1. The molecule has 0 unspecified atom stereocenters. The van der Waals surface area contributed by atoms with Crippen LogP contribution >= 0.6 is 0 Å². The molecule has 2 aliphatic rings. The Balaban J connectivity index is 2.01. The van der Waals surface area contributed by atoms with Crippen LogP contribution in [-0.4, -0.2) is 29.9 Å². The van der Waals surface area contributed by atoms with Crippen LogP contribution in [0.25, 0.3) is 0 Å². The van der Waals surface area contributed by atoms with Crippen LogP contribution in [0.5, 0.6) is 0 Å². The quantitative estimate of drug-likeness (QED) is 0.842. The number of nitrogens with zero attached hydrogens (tertiary/aromatic N) is 1. The highest BCUT2D eigenvalue weighted by molar-refractivity contribution is 5.95. The second-order valence-electron chi connectivity index (χ2n) is 5.53. The van der Waals surface area contributed by atoms with E-state index in [1.54, 1.807) is 0 Å². The molecule has 3 nitrogen and oxygen atoms in total. The Kier molecular flexibility index (Phi) is 3.15. The van der Waals surface area contributed by atoms with E-state index in [9.17, 15) is 4.79 Å². The van der Waals surface area contributed by atoms with Crippen LogP contribution in [0.3, 0.4) is 0 Å². The molecule has 1 amide bonds. The highest BCUT2D eigenvalue weighted by Crippen LogP contribution is 2.42. The van der Waals surface area contributed by atoms with Gasteiger partial charge in [0.25, 0.3) is 0 Å². The monoisotopic (exact) mass is 256 g/mol. The fraction of sp³-hybridized carbons (Fsp3) is 0.438. The number of benzene rings is 1. The van der Waals surface area contributed by atoms with Crippen molar-refractivity contribution in [2.45, 2.75) is 31.2 Å². The number of likely N-dealkylation sites (tertiary alicyclic amines) is 1. The van der Waals surface area contributed by atoms with Gasteiger partial charge in [-0.3, -0.25) is 9.69 Å². The number of nitrogens with two attached hydrogens (primary N) is 1. The molecule has 0 spiro atoms. The van der Waals surface area contributed by atoms with Crippen molar-refractivity contribution < 1.29 is 4.79 Å². The molecule has 3 rings (SSSR count). The van der Waals surface area contributed by atoms with E-state index in [1.165, 1.54) is 17.5 Å². The molecule has 1 saturated heterocycles. The predicted octanol–water partition coefficient (Wildman–Crippen LogP) is 2.08. The van der Waals surface area contributed by atoms with Gasteiger partial charge in [-0.1, -0.05) is 18.2 Å². The third-order valence-corrected chi connectivity index (χ3v) is 4.57. The summed E-state index contributed by atoms with van der Waals surface area (Å²) in [5, 5.41) is 0. The predicted molar refractivity (Wildman–Crippen MR) is 76.2 cm³/mol. The molecule has 0 aromatic heterocycles. The van der Waals surface area contributed by atoms with Gasteiger partial charge in [-0.05, 0) is 43.0 Å². The fourth-order valence-electron chi connectivity index (χ4n) is 3.82. The Bertz CT molecular complexity index is 523. The van der Waals surface area contributed by atoms with E-state index >= 15 is 0 Å². The van der Waals surface area contributed by atoms with Gasteiger partial charge >= 0.3 is 0 Å². The van der Waals surface area contributed by atoms with Crippen molar-refractivity contribution >= 4 is 5.91 Å². The second kappa shape index (κ2) is 4.82. The van der Waals surface area contributed by atoms with E-state index in [0.717, 1.165) is 31.5 Å². The summed E-state index contributed by atoms with van der Waals surface area (Å²) < 4.78 is 0. The summed E-state index contributed by atoms with van der Waals surface area (Å²) >= 11 is 0. The lowest BCUT2D eigenvalue weighted by Crippen LogP contribution is -2.36. The molecule has 1 heterocycles. The Morgan fingerprint density at radius 2 is 2.32 bits per heavy atom. The second-order valence-corrected chi connectivity index (χ2v) is 5.53. The average molecular weight is 256 g/mol. The number of carbonyl (C=O) groups excluding carboxylic acids is 1. The highest BCUT2D eigenvalue weighted by Gasteiger charge is 2.39. The summed E-state index contributed by atoms with van der Waals surface area (Å²) in [5.74, 6) is 0.173. The molecule has 1 aromatic rings. The zero-order chi connectivity index (χ0) is 13.4. The molecule has 2 N–H and O–H groups in total. The van der Waals surface area contributed by atoms with E-state index in [2.05, 4.69) is 17.5 Å². The maximum absolute atomic E-state index is 11.7. The topological polar surface area (TPSA) is 46.3 Å². The largest absolute Gasteiger partial charge is 0.366 e. The maximum atomic E-state index is 11.7. The molecule has 0 radical (unpaired) electrons. The standard InChI is InChI=1S/C16H20N2O/c1-2-9-18-10-8-12-14(18)7-6-11-4-3-5-13(15(11)12)16(17)19/h2-5,12,14H,1,6-10H2,(H2,17,19)/t12-,14-/m1/s1. The minimum Gasteiger partial charge on any atom is -0.366 e. The van der Waals surface area contributed by atoms with E-state index in [-0.39, 0.29) is 5.91 Å². The van der Waals surface area contributed by atoms with Gasteiger partial charge in [-0.15, -0.1) is 6.58 Å². The first-order valence-electron chi connectivity index (χ1n) is 6.99. The van der Waals surface area contributed by atoms with Gasteiger partial charge in [0.1, 0.15) is 0 Å². The van der Waals surface area contributed by atoms with Crippen LogP contribution in [0, 0.1) is 0 Å². The van der Waals surface area contributed by atoms with Gasteiger partial charge in [0.2, 0.25) is 5.91 Å². The lowest BCUT2D eigenvalue weighted by molar-refractivity contribution is 0.0998. The molecule has 100 valence electrons. The van der Waals surface area contributed by atoms with E-state index in [0.29, 0.717) is 12.0 Å². The molecule has 2 atom stereocenters. The van der Waals surface area contributed by atoms with Gasteiger partial charge in [0.05, 0.1) is 0 Å². The van der Waals surface area contributed by atoms with Crippen molar-refractivity contribution in [3.8, 4) is 0 Å². The number of hydrogen-bond donors (Lipinski definition) is 1. The van der Waals surface area contributed by atoms with Crippen LogP contribution in [0.2, 0.25) is 0 Å². The minimum absolute atomic E-state index is 0.292. The third-order valence-electron chi connectivity index (χ3n) is 4.57. The van der Waals surface area contributed by atoms with Crippen molar-refractivity contribution in [2.24, 2.45) is 5.73 Å². The Morgan fingerprint density at radius 3 is 3.05 bits per heavy atom. The normalized spacial score (nSPS) is 25.7. The number of primary amides is 1. The molecule has 3 heteroatoms. The zero-order valence-corrected chi connectivity index (χ0v) is 11.1. The van der Waals surface area contributed by atoms with Gasteiger partial charge in [0, 0.05) is 24.1 Å². The summed E-state index contributed by atoms with van der Waals surface area (Å²) in [4.78, 5) is 14.1. The number of rotatable bonds is 3. The zero-order valence-electron chi connectivity index (χ0n) is 11.1. The number of fused-ring (bicyclic) bond motifs is 3. The summed E-state index contributed by atoms with van der Waals surface area (Å²) in [6.07, 6.45) is 5.31. The molecule has 19 heavy (non-hydrogen) atoms. The van der Waals surface area contributed by atoms with E-state index in [1.807, 2.05) is 18.2 Å². The lowest BCUT2D eigenvalue weighted by atomic mass is 9.77. The summed E-state index contributed by atoms with van der Waals surface area (Å²) in [7, 11) is 0. The summed E-state index contributed by atoms with van der Waals surface area (Å²) in [5.41, 5.74) is 8.81. The first-order valence-corrected chi connectivity index (χ1v) is 6.99. The average Bonchev–Trinajstić information content (AvgIpc) is 2.82. The van der Waals surface area contributed by atoms with Crippen molar-refractivity contribution in [2.75, 3.05) is 13.1 Å². The summed E-state index contributed by atoms with van der Waals surface area (Å²) in [6.45, 7) is 5.87. The first kappa shape index (κ1) is 12.4. The molecule has 0 bridgehead atoms. The number of aryl methyl sites for hydroxylation is 1.